The Labute approximate surface area is 152 Å². The molecule has 132 valence electrons. The molecule has 0 fully saturated rings. The van der Waals surface area contributed by atoms with Gasteiger partial charge in [-0.3, -0.25) is 9.58 Å². The highest BCUT2D eigenvalue weighted by Crippen LogP contribution is 2.43. The molecular weight excluding hydrogens is 326 g/mol. The summed E-state index contributed by atoms with van der Waals surface area (Å²) in [6.45, 7) is 2.80. The van der Waals surface area contributed by atoms with Crippen LogP contribution >= 0.6 is 0 Å². The van der Waals surface area contributed by atoms with E-state index in [-0.39, 0.29) is 0 Å². The van der Waals surface area contributed by atoms with Gasteiger partial charge < -0.3 is 5.11 Å². The van der Waals surface area contributed by atoms with Crippen LogP contribution in [0.2, 0.25) is 0 Å². The Kier molecular flexibility index (Phi) is 3.99. The quantitative estimate of drug-likeness (QED) is 0.761. The van der Waals surface area contributed by atoms with Crippen molar-refractivity contribution >= 4 is 11.8 Å². The summed E-state index contributed by atoms with van der Waals surface area (Å²) >= 11 is 0. The van der Waals surface area contributed by atoms with E-state index in [4.69, 9.17) is 5.10 Å². The van der Waals surface area contributed by atoms with Crippen LogP contribution in [-0.2, 0) is 19.4 Å². The third kappa shape index (κ3) is 2.47. The smallest absolute Gasteiger partial charge is 0.411 e. The second-order valence-electron chi connectivity index (χ2n) is 6.50. The standard InChI is InChI=1S/C21H21N3O2/c1-3-24-20(16-10-6-7-11-18(16)23(2)21(25)26)19-15-9-5-4-8-14(15)12-13-17(19)22-24/h4-11H,3,12-13H2,1-2H3,(H,25,26). The number of rotatable bonds is 3. The fourth-order valence-electron chi connectivity index (χ4n) is 3.78. The molecule has 1 N–H and O–H groups in total. The molecule has 1 heterocycles. The average molecular weight is 347 g/mol. The summed E-state index contributed by atoms with van der Waals surface area (Å²) in [5.74, 6) is 0. The van der Waals surface area contributed by atoms with E-state index in [1.165, 1.54) is 16.0 Å². The molecule has 5 heteroatoms. The summed E-state index contributed by atoms with van der Waals surface area (Å²) in [6.07, 6.45) is 0.915. The molecule has 3 aromatic rings. The number of nitrogens with zero attached hydrogens (tertiary/aromatic N) is 3. The maximum absolute atomic E-state index is 11.6. The fourth-order valence-corrected chi connectivity index (χ4v) is 3.78. The van der Waals surface area contributed by atoms with Gasteiger partial charge in [-0.2, -0.15) is 5.10 Å². The summed E-state index contributed by atoms with van der Waals surface area (Å²) in [7, 11) is 1.58. The Balaban J connectivity index is 2.01. The monoisotopic (exact) mass is 347 g/mol. The number of para-hydroxylation sites is 1. The first-order valence-electron chi connectivity index (χ1n) is 8.85. The van der Waals surface area contributed by atoms with E-state index in [0.717, 1.165) is 41.9 Å². The number of amides is 1. The molecule has 0 saturated carbocycles. The Morgan fingerprint density at radius 1 is 1.12 bits per heavy atom. The topological polar surface area (TPSA) is 58.4 Å². The Morgan fingerprint density at radius 3 is 2.54 bits per heavy atom. The van der Waals surface area contributed by atoms with Gasteiger partial charge in [0.1, 0.15) is 0 Å². The van der Waals surface area contributed by atoms with Gasteiger partial charge in [0.2, 0.25) is 0 Å². The van der Waals surface area contributed by atoms with Crippen LogP contribution in [0, 0.1) is 0 Å². The van der Waals surface area contributed by atoms with E-state index >= 15 is 0 Å². The average Bonchev–Trinajstić information content (AvgIpc) is 3.06. The van der Waals surface area contributed by atoms with Gasteiger partial charge in [0, 0.05) is 24.7 Å². The van der Waals surface area contributed by atoms with Gasteiger partial charge in [0.25, 0.3) is 0 Å². The predicted octanol–water partition coefficient (Wildman–Crippen LogP) is 4.45. The number of benzene rings is 2. The first kappa shape index (κ1) is 16.4. The number of anilines is 1. The van der Waals surface area contributed by atoms with E-state index in [0.29, 0.717) is 5.69 Å². The lowest BCUT2D eigenvalue weighted by Gasteiger charge is -2.21. The number of carbonyl (C=O) groups is 1. The van der Waals surface area contributed by atoms with Crippen LogP contribution < -0.4 is 4.90 Å². The summed E-state index contributed by atoms with van der Waals surface area (Å²) in [4.78, 5) is 12.8. The zero-order valence-electron chi connectivity index (χ0n) is 14.9. The molecule has 5 nitrogen and oxygen atoms in total. The van der Waals surface area contributed by atoms with Crippen molar-refractivity contribution in [3.8, 4) is 22.4 Å². The van der Waals surface area contributed by atoms with Crippen molar-refractivity contribution in [1.29, 1.82) is 0 Å². The van der Waals surface area contributed by atoms with Crippen LogP contribution in [0.4, 0.5) is 10.5 Å². The van der Waals surface area contributed by atoms with Crippen LogP contribution in [0.25, 0.3) is 22.4 Å². The lowest BCUT2D eigenvalue weighted by Crippen LogP contribution is -2.24. The highest BCUT2D eigenvalue weighted by atomic mass is 16.4. The molecule has 0 bridgehead atoms. The molecule has 4 rings (SSSR count). The van der Waals surface area contributed by atoms with Crippen molar-refractivity contribution in [2.75, 3.05) is 11.9 Å². The van der Waals surface area contributed by atoms with E-state index in [1.54, 1.807) is 7.05 Å². The predicted molar refractivity (Wildman–Crippen MR) is 103 cm³/mol. The minimum absolute atomic E-state index is 0.667. The number of aromatic nitrogens is 2. The minimum atomic E-state index is -0.978. The number of hydrogen-bond acceptors (Lipinski definition) is 2. The van der Waals surface area contributed by atoms with E-state index in [1.807, 2.05) is 28.9 Å². The molecule has 0 radical (unpaired) electrons. The molecule has 1 aromatic heterocycles. The van der Waals surface area contributed by atoms with Crippen molar-refractivity contribution in [3.63, 3.8) is 0 Å². The van der Waals surface area contributed by atoms with Gasteiger partial charge in [0.15, 0.2) is 0 Å². The molecular formula is C21H21N3O2. The Bertz CT molecular complexity index is 991. The number of carboxylic acid groups (broad SMARTS) is 1. The van der Waals surface area contributed by atoms with Crippen molar-refractivity contribution in [2.45, 2.75) is 26.3 Å². The van der Waals surface area contributed by atoms with Crippen molar-refractivity contribution in [2.24, 2.45) is 0 Å². The van der Waals surface area contributed by atoms with Crippen molar-refractivity contribution in [1.82, 2.24) is 9.78 Å². The maximum atomic E-state index is 11.6. The summed E-state index contributed by atoms with van der Waals surface area (Å²) in [6, 6.07) is 16.1. The molecule has 2 aromatic carbocycles. The van der Waals surface area contributed by atoms with Gasteiger partial charge in [0.05, 0.1) is 17.1 Å². The van der Waals surface area contributed by atoms with Crippen LogP contribution in [0.1, 0.15) is 18.2 Å². The minimum Gasteiger partial charge on any atom is -0.465 e. The molecule has 0 aliphatic heterocycles. The lowest BCUT2D eigenvalue weighted by atomic mass is 9.86. The molecule has 1 aliphatic carbocycles. The fraction of sp³-hybridized carbons (Fsp3) is 0.238. The number of aryl methyl sites for hydroxylation is 3. The molecule has 1 amide bonds. The Hall–Kier alpha value is -3.08. The number of fused-ring (bicyclic) bond motifs is 3. The normalized spacial score (nSPS) is 12.4. The van der Waals surface area contributed by atoms with Gasteiger partial charge >= 0.3 is 6.09 Å². The molecule has 0 saturated heterocycles. The third-order valence-electron chi connectivity index (χ3n) is 5.05. The van der Waals surface area contributed by atoms with Crippen molar-refractivity contribution in [3.05, 3.63) is 59.8 Å². The molecule has 1 aliphatic rings. The van der Waals surface area contributed by atoms with E-state index < -0.39 is 6.09 Å². The molecule has 0 spiro atoms. The zero-order valence-corrected chi connectivity index (χ0v) is 14.9. The second kappa shape index (κ2) is 6.33. The van der Waals surface area contributed by atoms with Crippen LogP contribution in [0.3, 0.4) is 0 Å². The first-order valence-corrected chi connectivity index (χ1v) is 8.85. The van der Waals surface area contributed by atoms with Crippen molar-refractivity contribution < 1.29 is 9.90 Å². The summed E-state index contributed by atoms with van der Waals surface area (Å²) in [5, 5.41) is 14.3. The van der Waals surface area contributed by atoms with E-state index in [2.05, 4.69) is 31.2 Å². The summed E-state index contributed by atoms with van der Waals surface area (Å²) < 4.78 is 2.00. The van der Waals surface area contributed by atoms with E-state index in [9.17, 15) is 9.90 Å². The van der Waals surface area contributed by atoms with Gasteiger partial charge in [-0.1, -0.05) is 42.5 Å². The van der Waals surface area contributed by atoms with Crippen LogP contribution in [0.5, 0.6) is 0 Å². The highest BCUT2D eigenvalue weighted by Gasteiger charge is 2.27. The zero-order chi connectivity index (χ0) is 18.3. The second-order valence-corrected chi connectivity index (χ2v) is 6.50. The first-order chi connectivity index (χ1) is 12.6. The summed E-state index contributed by atoms with van der Waals surface area (Å²) in [5.41, 5.74) is 7.31. The largest absolute Gasteiger partial charge is 0.465 e. The SMILES string of the molecule is CCn1nc2c(c1-c1ccccc1N(C)C(=O)O)-c1ccccc1CC2. The highest BCUT2D eigenvalue weighted by molar-refractivity contribution is 5.96. The number of hydrogen-bond donors (Lipinski definition) is 1. The van der Waals surface area contributed by atoms with Gasteiger partial charge in [-0.05, 0) is 37.0 Å². The maximum Gasteiger partial charge on any atom is 0.411 e. The van der Waals surface area contributed by atoms with Crippen LogP contribution in [-0.4, -0.2) is 28.0 Å². The lowest BCUT2D eigenvalue weighted by molar-refractivity contribution is 0.203. The molecule has 0 atom stereocenters. The molecule has 26 heavy (non-hydrogen) atoms. The third-order valence-corrected chi connectivity index (χ3v) is 5.05. The van der Waals surface area contributed by atoms with Crippen LogP contribution in [0.15, 0.2) is 48.5 Å². The van der Waals surface area contributed by atoms with Gasteiger partial charge in [-0.25, -0.2) is 4.79 Å². The van der Waals surface area contributed by atoms with Gasteiger partial charge in [-0.15, -0.1) is 0 Å². The Morgan fingerprint density at radius 2 is 1.81 bits per heavy atom. The molecule has 0 unspecified atom stereocenters.